The quantitative estimate of drug-likeness (QED) is 0.805. The van der Waals surface area contributed by atoms with Gasteiger partial charge in [-0.15, -0.1) is 0 Å². The fourth-order valence-electron chi connectivity index (χ4n) is 2.11. The van der Waals surface area contributed by atoms with Crippen LogP contribution in [0.15, 0.2) is 18.2 Å². The number of anilines is 1. The normalized spacial score (nSPS) is 21.1. The van der Waals surface area contributed by atoms with Gasteiger partial charge in [-0.05, 0) is 31.5 Å². The molecule has 5 heteroatoms. The molecule has 0 aliphatic carbocycles. The molecule has 106 valence electrons. The Bertz CT molecular complexity index is 563. The lowest BCUT2D eigenvalue weighted by molar-refractivity contribution is -0.119. The van der Waals surface area contributed by atoms with Crippen molar-refractivity contribution in [1.29, 1.82) is 0 Å². The first-order valence-electron chi connectivity index (χ1n) is 6.51. The number of benzene rings is 1. The number of nitrogens with one attached hydrogen (secondary N) is 1. The van der Waals surface area contributed by atoms with Gasteiger partial charge in [-0.2, -0.15) is 0 Å². The minimum absolute atomic E-state index is 0.0930. The van der Waals surface area contributed by atoms with E-state index in [-0.39, 0.29) is 24.5 Å². The molecule has 1 aliphatic rings. The summed E-state index contributed by atoms with van der Waals surface area (Å²) in [5.74, 6) is 4.71. The number of ether oxygens (including phenoxy) is 1. The lowest BCUT2D eigenvalue weighted by atomic mass is 10.0. The fourth-order valence-corrected chi connectivity index (χ4v) is 2.11. The van der Waals surface area contributed by atoms with Crippen molar-refractivity contribution < 1.29 is 13.9 Å². The molecule has 2 rings (SSSR count). The summed E-state index contributed by atoms with van der Waals surface area (Å²) in [6, 6.07) is 4.08. The van der Waals surface area contributed by atoms with Crippen LogP contribution in [0, 0.1) is 23.6 Å². The number of carbonyl (C=O) groups excluding carboxylic acids is 1. The molecule has 2 atom stereocenters. The number of nitrogens with two attached hydrogens (primary N) is 1. The summed E-state index contributed by atoms with van der Waals surface area (Å²) in [6.07, 6.45) is 0.784. The molecular weight excluding hydrogens is 259 g/mol. The molecule has 3 N–H and O–H groups in total. The Morgan fingerprint density at radius 1 is 1.60 bits per heavy atom. The standard InChI is InChI=1S/C15H17FN2O2/c1-10-7-12(9-20-10)15(19)18-14-5-4-13(16)8-11(14)3-2-6-17/h4-5,8,10,12H,6-7,9,17H2,1H3,(H,18,19). The Labute approximate surface area is 117 Å². The monoisotopic (exact) mass is 276 g/mol. The Morgan fingerprint density at radius 2 is 2.40 bits per heavy atom. The van der Waals surface area contributed by atoms with Gasteiger partial charge in [0, 0.05) is 0 Å². The second-order valence-electron chi connectivity index (χ2n) is 4.76. The second-order valence-corrected chi connectivity index (χ2v) is 4.76. The molecule has 1 aliphatic heterocycles. The summed E-state index contributed by atoms with van der Waals surface area (Å²) >= 11 is 0. The van der Waals surface area contributed by atoms with Crippen molar-refractivity contribution in [3.8, 4) is 11.8 Å². The highest BCUT2D eigenvalue weighted by molar-refractivity contribution is 5.94. The largest absolute Gasteiger partial charge is 0.378 e. The first-order chi connectivity index (χ1) is 9.60. The SMILES string of the molecule is CC1CC(C(=O)Nc2ccc(F)cc2C#CCN)CO1. The van der Waals surface area contributed by atoms with Gasteiger partial charge in [-0.1, -0.05) is 11.8 Å². The van der Waals surface area contributed by atoms with Gasteiger partial charge in [-0.25, -0.2) is 4.39 Å². The average molecular weight is 276 g/mol. The molecule has 1 heterocycles. The number of carbonyl (C=O) groups is 1. The summed E-state index contributed by atoms with van der Waals surface area (Å²) in [5.41, 5.74) is 6.23. The highest BCUT2D eigenvalue weighted by Gasteiger charge is 2.28. The highest BCUT2D eigenvalue weighted by atomic mass is 19.1. The maximum absolute atomic E-state index is 13.2. The maximum atomic E-state index is 13.2. The summed E-state index contributed by atoms with van der Waals surface area (Å²) in [5, 5.41) is 2.78. The van der Waals surface area contributed by atoms with Crippen molar-refractivity contribution in [3.05, 3.63) is 29.6 Å². The molecule has 0 spiro atoms. The van der Waals surface area contributed by atoms with E-state index in [9.17, 15) is 9.18 Å². The maximum Gasteiger partial charge on any atom is 0.229 e. The van der Waals surface area contributed by atoms with Gasteiger partial charge in [0.2, 0.25) is 5.91 Å². The van der Waals surface area contributed by atoms with Crippen LogP contribution in [0.5, 0.6) is 0 Å². The number of halogens is 1. The van der Waals surface area contributed by atoms with E-state index < -0.39 is 5.82 Å². The van der Waals surface area contributed by atoms with Crippen LogP contribution in [0.25, 0.3) is 0 Å². The van der Waals surface area contributed by atoms with E-state index in [4.69, 9.17) is 10.5 Å². The first kappa shape index (κ1) is 14.5. The van der Waals surface area contributed by atoms with Crippen molar-refractivity contribution in [3.63, 3.8) is 0 Å². The molecule has 1 aromatic carbocycles. The molecule has 0 aromatic heterocycles. The van der Waals surface area contributed by atoms with Gasteiger partial charge in [-0.3, -0.25) is 4.79 Å². The van der Waals surface area contributed by atoms with Gasteiger partial charge >= 0.3 is 0 Å². The topological polar surface area (TPSA) is 64.4 Å². The first-order valence-corrected chi connectivity index (χ1v) is 6.51. The molecule has 0 saturated carbocycles. The fraction of sp³-hybridized carbons (Fsp3) is 0.400. The molecule has 2 unspecified atom stereocenters. The minimum Gasteiger partial charge on any atom is -0.378 e. The molecule has 1 amide bonds. The van der Waals surface area contributed by atoms with Crippen LogP contribution in [0.3, 0.4) is 0 Å². The van der Waals surface area contributed by atoms with Crippen LogP contribution in [0.4, 0.5) is 10.1 Å². The highest BCUT2D eigenvalue weighted by Crippen LogP contribution is 2.22. The lowest BCUT2D eigenvalue weighted by Gasteiger charge is -2.11. The number of rotatable bonds is 2. The van der Waals surface area contributed by atoms with E-state index in [1.807, 2.05) is 6.92 Å². The van der Waals surface area contributed by atoms with Crippen molar-refractivity contribution >= 4 is 11.6 Å². The molecule has 0 bridgehead atoms. The van der Waals surface area contributed by atoms with E-state index >= 15 is 0 Å². The van der Waals surface area contributed by atoms with Gasteiger partial charge in [0.15, 0.2) is 0 Å². The number of amides is 1. The van der Waals surface area contributed by atoms with E-state index in [1.54, 1.807) is 0 Å². The zero-order valence-corrected chi connectivity index (χ0v) is 11.3. The number of hydrogen-bond donors (Lipinski definition) is 2. The minimum atomic E-state index is -0.401. The Kier molecular flexibility index (Phi) is 4.72. The summed E-state index contributed by atoms with van der Waals surface area (Å²) in [4.78, 5) is 12.1. The van der Waals surface area contributed by atoms with Crippen LogP contribution in [0.2, 0.25) is 0 Å². The number of hydrogen-bond acceptors (Lipinski definition) is 3. The van der Waals surface area contributed by atoms with Crippen LogP contribution in [-0.4, -0.2) is 25.2 Å². The smallest absolute Gasteiger partial charge is 0.229 e. The van der Waals surface area contributed by atoms with E-state index in [1.165, 1.54) is 18.2 Å². The third-order valence-electron chi connectivity index (χ3n) is 3.13. The Morgan fingerprint density at radius 3 is 3.05 bits per heavy atom. The zero-order chi connectivity index (χ0) is 14.5. The molecule has 1 aromatic rings. The molecular formula is C15H17FN2O2. The van der Waals surface area contributed by atoms with Crippen LogP contribution in [0.1, 0.15) is 18.9 Å². The Balaban J connectivity index is 2.14. The average Bonchev–Trinajstić information content (AvgIpc) is 2.85. The van der Waals surface area contributed by atoms with E-state index in [0.29, 0.717) is 24.3 Å². The summed E-state index contributed by atoms with van der Waals surface area (Å²) in [6.45, 7) is 2.53. The van der Waals surface area contributed by atoms with Gasteiger partial charge in [0.05, 0.1) is 36.4 Å². The predicted octanol–water partition coefficient (Wildman–Crippen LogP) is 1.50. The van der Waals surface area contributed by atoms with E-state index in [0.717, 1.165) is 0 Å². The summed E-state index contributed by atoms with van der Waals surface area (Å²) in [7, 11) is 0. The molecule has 4 nitrogen and oxygen atoms in total. The predicted molar refractivity (Wildman–Crippen MR) is 74.5 cm³/mol. The summed E-state index contributed by atoms with van der Waals surface area (Å²) < 4.78 is 18.6. The third-order valence-corrected chi connectivity index (χ3v) is 3.13. The van der Waals surface area contributed by atoms with Gasteiger partial charge in [0.25, 0.3) is 0 Å². The van der Waals surface area contributed by atoms with Crippen LogP contribution in [-0.2, 0) is 9.53 Å². The van der Waals surface area contributed by atoms with Crippen LogP contribution < -0.4 is 11.1 Å². The van der Waals surface area contributed by atoms with Crippen molar-refractivity contribution in [2.45, 2.75) is 19.4 Å². The molecule has 20 heavy (non-hydrogen) atoms. The van der Waals surface area contributed by atoms with Crippen molar-refractivity contribution in [2.75, 3.05) is 18.5 Å². The van der Waals surface area contributed by atoms with Gasteiger partial charge in [0.1, 0.15) is 5.82 Å². The second kappa shape index (κ2) is 6.51. The van der Waals surface area contributed by atoms with E-state index in [2.05, 4.69) is 17.2 Å². The molecule has 0 radical (unpaired) electrons. The zero-order valence-electron chi connectivity index (χ0n) is 11.3. The molecule has 1 saturated heterocycles. The van der Waals surface area contributed by atoms with Crippen LogP contribution >= 0.6 is 0 Å². The van der Waals surface area contributed by atoms with Gasteiger partial charge < -0.3 is 15.8 Å². The lowest BCUT2D eigenvalue weighted by Crippen LogP contribution is -2.23. The molecule has 1 fully saturated rings. The third kappa shape index (κ3) is 3.56. The van der Waals surface area contributed by atoms with Crippen molar-refractivity contribution in [2.24, 2.45) is 11.7 Å². The van der Waals surface area contributed by atoms with Crippen molar-refractivity contribution in [1.82, 2.24) is 0 Å². The Hall–Kier alpha value is -1.90.